The maximum absolute atomic E-state index is 6.95. The summed E-state index contributed by atoms with van der Waals surface area (Å²) in [5.41, 5.74) is 2.33. The van der Waals surface area contributed by atoms with Crippen molar-refractivity contribution in [1.82, 2.24) is 0 Å². The van der Waals surface area contributed by atoms with Gasteiger partial charge in [0.2, 0.25) is 5.75 Å². The largest absolute Gasteiger partial charge is 0.540 e. The van der Waals surface area contributed by atoms with Gasteiger partial charge in [0, 0.05) is 19.2 Å². The van der Waals surface area contributed by atoms with Crippen LogP contribution in [-0.4, -0.2) is 29.3 Å². The van der Waals surface area contributed by atoms with Crippen LogP contribution >= 0.6 is 0 Å². The third-order valence-corrected chi connectivity index (χ3v) is 11.8. The summed E-state index contributed by atoms with van der Waals surface area (Å²) in [4.78, 5) is 0. The average molecular weight is 447 g/mol. The lowest BCUT2D eigenvalue weighted by Crippen LogP contribution is -2.50. The van der Waals surface area contributed by atoms with Crippen LogP contribution in [0.4, 0.5) is 0 Å². The number of rotatable bonds is 12. The average Bonchev–Trinajstić information content (AvgIpc) is 2.74. The molecule has 172 valence electrons. The smallest absolute Gasteiger partial charge is 0.258 e. The van der Waals surface area contributed by atoms with Gasteiger partial charge in [-0.3, -0.25) is 0 Å². The van der Waals surface area contributed by atoms with Gasteiger partial charge in [0.1, 0.15) is 12.4 Å². The number of hydrogen-bond acceptors (Lipinski definition) is 5. The Hall–Kier alpha value is -2.18. The minimum absolute atomic E-state index is 0.101. The minimum atomic E-state index is -2.22. The van der Waals surface area contributed by atoms with E-state index in [0.29, 0.717) is 46.2 Å². The van der Waals surface area contributed by atoms with Crippen LogP contribution in [0.25, 0.3) is 0 Å². The SMILES string of the molecule is COCOc1c(OCc2ccccc2)cc(OC)cc1O[Si](C(C)C)(C(C)C)C(C)C. The lowest BCUT2D eigenvalue weighted by molar-refractivity contribution is 0.0468. The third-order valence-electron chi connectivity index (χ3n) is 5.78. The van der Waals surface area contributed by atoms with Crippen molar-refractivity contribution in [2.45, 2.75) is 64.8 Å². The van der Waals surface area contributed by atoms with Gasteiger partial charge < -0.3 is 23.4 Å². The summed E-state index contributed by atoms with van der Waals surface area (Å²) in [5.74, 6) is 2.45. The molecule has 0 amide bonds. The molecule has 0 aliphatic carbocycles. The predicted octanol–water partition coefficient (Wildman–Crippen LogP) is 6.81. The van der Waals surface area contributed by atoms with Crippen LogP contribution in [0.5, 0.6) is 23.0 Å². The van der Waals surface area contributed by atoms with Crippen molar-refractivity contribution in [3.8, 4) is 23.0 Å². The van der Waals surface area contributed by atoms with Crippen LogP contribution in [0.15, 0.2) is 42.5 Å². The van der Waals surface area contributed by atoms with Crippen LogP contribution in [0.1, 0.15) is 47.1 Å². The van der Waals surface area contributed by atoms with E-state index in [4.69, 9.17) is 23.4 Å². The predicted molar refractivity (Wildman–Crippen MR) is 128 cm³/mol. The fourth-order valence-electron chi connectivity index (χ4n) is 4.39. The zero-order valence-corrected chi connectivity index (χ0v) is 21.2. The first-order valence-corrected chi connectivity index (χ1v) is 13.1. The quantitative estimate of drug-likeness (QED) is 0.265. The van der Waals surface area contributed by atoms with Gasteiger partial charge in [-0.15, -0.1) is 0 Å². The molecule has 0 atom stereocenters. The second-order valence-electron chi connectivity index (χ2n) is 8.70. The molecular weight excluding hydrogens is 408 g/mol. The molecule has 0 aromatic heterocycles. The van der Waals surface area contributed by atoms with E-state index in [1.807, 2.05) is 42.5 Å². The Labute approximate surface area is 188 Å². The third kappa shape index (κ3) is 5.95. The summed E-state index contributed by atoms with van der Waals surface area (Å²) in [6.07, 6.45) is 0. The molecule has 2 aromatic rings. The number of hydrogen-bond donors (Lipinski definition) is 0. The number of methoxy groups -OCH3 is 2. The Balaban J connectivity index is 2.53. The maximum Gasteiger partial charge on any atom is 0.258 e. The molecule has 0 heterocycles. The lowest BCUT2D eigenvalue weighted by atomic mass is 10.2. The normalized spacial score (nSPS) is 11.8. The molecule has 0 saturated heterocycles. The van der Waals surface area contributed by atoms with Crippen molar-refractivity contribution in [1.29, 1.82) is 0 Å². The van der Waals surface area contributed by atoms with Crippen molar-refractivity contribution in [3.63, 3.8) is 0 Å². The molecule has 0 radical (unpaired) electrons. The Kier molecular flexibility index (Phi) is 9.26. The van der Waals surface area contributed by atoms with Gasteiger partial charge in [-0.2, -0.15) is 0 Å². The van der Waals surface area contributed by atoms with E-state index >= 15 is 0 Å². The van der Waals surface area contributed by atoms with Gasteiger partial charge in [0.25, 0.3) is 8.32 Å². The Morgan fingerprint density at radius 2 is 1.35 bits per heavy atom. The van der Waals surface area contributed by atoms with E-state index in [9.17, 15) is 0 Å². The first-order valence-electron chi connectivity index (χ1n) is 11.0. The summed E-state index contributed by atoms with van der Waals surface area (Å²) in [6, 6.07) is 13.8. The molecule has 31 heavy (non-hydrogen) atoms. The standard InChI is InChI=1S/C25H38O5Si/c1-18(2)31(19(3)4,20(5)6)30-24-15-22(27-8)14-23(25(24)29-17-26-7)28-16-21-12-10-9-11-13-21/h9-15,18-20H,16-17H2,1-8H3. The van der Waals surface area contributed by atoms with Crippen LogP contribution in [-0.2, 0) is 11.3 Å². The highest BCUT2D eigenvalue weighted by Gasteiger charge is 2.47. The number of ether oxygens (including phenoxy) is 4. The summed E-state index contributed by atoms with van der Waals surface area (Å²) >= 11 is 0. The topological polar surface area (TPSA) is 46.2 Å². The van der Waals surface area contributed by atoms with Crippen molar-refractivity contribution in [3.05, 3.63) is 48.0 Å². The van der Waals surface area contributed by atoms with Gasteiger partial charge in [0.05, 0.1) is 7.11 Å². The van der Waals surface area contributed by atoms with E-state index in [-0.39, 0.29) is 6.79 Å². The Morgan fingerprint density at radius 3 is 1.87 bits per heavy atom. The fourth-order valence-corrected chi connectivity index (χ4v) is 9.63. The molecule has 0 N–H and O–H groups in total. The molecule has 0 unspecified atom stereocenters. The molecule has 0 bridgehead atoms. The van der Waals surface area contributed by atoms with Crippen LogP contribution in [0.2, 0.25) is 16.6 Å². The molecule has 2 rings (SSSR count). The van der Waals surface area contributed by atoms with E-state index in [1.54, 1.807) is 14.2 Å². The highest BCUT2D eigenvalue weighted by atomic mass is 28.4. The van der Waals surface area contributed by atoms with Gasteiger partial charge in [0.15, 0.2) is 18.3 Å². The summed E-state index contributed by atoms with van der Waals surface area (Å²) in [7, 11) is 1.03. The van der Waals surface area contributed by atoms with Crippen molar-refractivity contribution in [2.75, 3.05) is 21.0 Å². The Bertz CT molecular complexity index is 783. The van der Waals surface area contributed by atoms with E-state index in [1.165, 1.54) is 0 Å². The van der Waals surface area contributed by atoms with E-state index in [0.717, 1.165) is 5.56 Å². The van der Waals surface area contributed by atoms with Crippen LogP contribution < -0.4 is 18.6 Å². The van der Waals surface area contributed by atoms with Gasteiger partial charge in [-0.05, 0) is 22.2 Å². The molecule has 0 spiro atoms. The van der Waals surface area contributed by atoms with Crippen molar-refractivity contribution in [2.24, 2.45) is 0 Å². The maximum atomic E-state index is 6.95. The highest BCUT2D eigenvalue weighted by Crippen LogP contribution is 2.48. The lowest BCUT2D eigenvalue weighted by Gasteiger charge is -2.42. The zero-order valence-electron chi connectivity index (χ0n) is 20.2. The van der Waals surface area contributed by atoms with Gasteiger partial charge in [-0.25, -0.2) is 0 Å². The van der Waals surface area contributed by atoms with Gasteiger partial charge >= 0.3 is 0 Å². The van der Waals surface area contributed by atoms with Crippen LogP contribution in [0, 0.1) is 0 Å². The molecule has 5 nitrogen and oxygen atoms in total. The zero-order chi connectivity index (χ0) is 23.0. The molecule has 6 heteroatoms. The summed E-state index contributed by atoms with van der Waals surface area (Å²) in [5, 5.41) is 0. The molecule has 0 aliphatic rings. The highest BCUT2D eigenvalue weighted by molar-refractivity contribution is 6.78. The van der Waals surface area contributed by atoms with Crippen LogP contribution in [0.3, 0.4) is 0 Å². The molecule has 2 aromatic carbocycles. The summed E-state index contributed by atoms with van der Waals surface area (Å²) in [6.45, 7) is 14.1. The summed E-state index contributed by atoms with van der Waals surface area (Å²) < 4.78 is 29.9. The monoisotopic (exact) mass is 446 g/mol. The molecular formula is C25H38O5Si. The second-order valence-corrected chi connectivity index (χ2v) is 14.1. The first-order chi connectivity index (χ1) is 14.8. The van der Waals surface area contributed by atoms with E-state index < -0.39 is 8.32 Å². The Morgan fingerprint density at radius 1 is 0.774 bits per heavy atom. The number of benzene rings is 2. The fraction of sp³-hybridized carbons (Fsp3) is 0.520. The van der Waals surface area contributed by atoms with Crippen molar-refractivity contribution < 1.29 is 23.4 Å². The molecule has 0 aliphatic heterocycles. The second kappa shape index (κ2) is 11.4. The molecule has 0 saturated carbocycles. The van der Waals surface area contributed by atoms with E-state index in [2.05, 4.69) is 41.5 Å². The molecule has 0 fully saturated rings. The van der Waals surface area contributed by atoms with Gasteiger partial charge in [-0.1, -0.05) is 71.9 Å². The first kappa shape index (κ1) is 25.1. The van der Waals surface area contributed by atoms with Crippen molar-refractivity contribution >= 4 is 8.32 Å². The minimum Gasteiger partial charge on any atom is -0.540 e.